The van der Waals surface area contributed by atoms with Gasteiger partial charge in [0, 0.05) is 18.6 Å². The summed E-state index contributed by atoms with van der Waals surface area (Å²) in [5.74, 6) is 0.959. The van der Waals surface area contributed by atoms with E-state index in [-0.39, 0.29) is 5.41 Å². The Kier molecular flexibility index (Phi) is 5.50. The van der Waals surface area contributed by atoms with Crippen LogP contribution in [0.15, 0.2) is 0 Å². The van der Waals surface area contributed by atoms with Gasteiger partial charge in [0.1, 0.15) is 0 Å². The first-order valence-corrected chi connectivity index (χ1v) is 8.11. The number of hydrogen-bond acceptors (Lipinski definition) is 2. The lowest BCUT2D eigenvalue weighted by Gasteiger charge is -2.40. The summed E-state index contributed by atoms with van der Waals surface area (Å²) in [5.41, 5.74) is 0.232. The van der Waals surface area contributed by atoms with Gasteiger partial charge in [-0.1, -0.05) is 39.0 Å². The molecule has 1 aliphatic heterocycles. The molecule has 2 nitrogen and oxygen atoms in total. The first-order valence-electron chi connectivity index (χ1n) is 8.11. The molecule has 2 fully saturated rings. The van der Waals surface area contributed by atoms with Crippen LogP contribution < -0.4 is 0 Å². The molecule has 0 atom stereocenters. The largest absolute Gasteiger partial charge is 0.396 e. The van der Waals surface area contributed by atoms with Crippen LogP contribution in [0.2, 0.25) is 0 Å². The summed E-state index contributed by atoms with van der Waals surface area (Å²) in [5, 5.41) is 9.87. The van der Waals surface area contributed by atoms with Crippen molar-refractivity contribution in [1.82, 2.24) is 4.90 Å². The Balaban J connectivity index is 1.85. The molecule has 0 unspecified atom stereocenters. The maximum atomic E-state index is 9.87. The third kappa shape index (κ3) is 3.71. The number of likely N-dealkylation sites (tertiary alicyclic amines) is 1. The third-order valence-electron chi connectivity index (χ3n) is 5.34. The average molecular weight is 253 g/mol. The Labute approximate surface area is 113 Å². The Hall–Kier alpha value is -0.0800. The fourth-order valence-corrected chi connectivity index (χ4v) is 3.87. The van der Waals surface area contributed by atoms with Crippen molar-refractivity contribution >= 4 is 0 Å². The van der Waals surface area contributed by atoms with E-state index in [9.17, 15) is 5.11 Å². The van der Waals surface area contributed by atoms with Crippen molar-refractivity contribution < 1.29 is 5.11 Å². The first kappa shape index (κ1) is 14.3. The van der Waals surface area contributed by atoms with Crippen LogP contribution >= 0.6 is 0 Å². The van der Waals surface area contributed by atoms with Crippen molar-refractivity contribution in [2.75, 3.05) is 26.2 Å². The molecular formula is C16H31NO. The van der Waals surface area contributed by atoms with Gasteiger partial charge >= 0.3 is 0 Å². The van der Waals surface area contributed by atoms with Crippen LogP contribution in [0.3, 0.4) is 0 Å². The number of aliphatic hydroxyl groups is 1. The van der Waals surface area contributed by atoms with Gasteiger partial charge in [0.25, 0.3) is 0 Å². The molecule has 2 rings (SSSR count). The molecule has 0 bridgehead atoms. The molecule has 0 aromatic heterocycles. The highest BCUT2D eigenvalue weighted by molar-refractivity contribution is 4.86. The molecule has 0 spiro atoms. The van der Waals surface area contributed by atoms with Crippen molar-refractivity contribution in [3.05, 3.63) is 0 Å². The van der Waals surface area contributed by atoms with Crippen LogP contribution in [0.1, 0.15) is 64.7 Å². The van der Waals surface area contributed by atoms with E-state index in [1.807, 2.05) is 0 Å². The molecule has 1 saturated heterocycles. The second-order valence-electron chi connectivity index (χ2n) is 6.70. The van der Waals surface area contributed by atoms with Crippen molar-refractivity contribution in [2.45, 2.75) is 64.7 Å². The van der Waals surface area contributed by atoms with Crippen LogP contribution in [0.4, 0.5) is 0 Å². The van der Waals surface area contributed by atoms with E-state index in [1.54, 1.807) is 0 Å². The number of hydrogen-bond donors (Lipinski definition) is 1. The number of rotatable bonds is 4. The summed E-state index contributed by atoms with van der Waals surface area (Å²) < 4.78 is 0. The summed E-state index contributed by atoms with van der Waals surface area (Å²) in [6.07, 6.45) is 12.0. The summed E-state index contributed by atoms with van der Waals surface area (Å²) >= 11 is 0. The van der Waals surface area contributed by atoms with Crippen LogP contribution in [0.25, 0.3) is 0 Å². The lowest BCUT2D eigenvalue weighted by Crippen LogP contribution is -2.43. The van der Waals surface area contributed by atoms with Crippen molar-refractivity contribution in [3.8, 4) is 0 Å². The van der Waals surface area contributed by atoms with E-state index < -0.39 is 0 Å². The van der Waals surface area contributed by atoms with Gasteiger partial charge in [-0.05, 0) is 44.7 Å². The minimum Gasteiger partial charge on any atom is -0.396 e. The van der Waals surface area contributed by atoms with Crippen LogP contribution in [-0.2, 0) is 0 Å². The molecule has 1 aliphatic carbocycles. The van der Waals surface area contributed by atoms with Gasteiger partial charge in [-0.25, -0.2) is 0 Å². The molecule has 2 aliphatic rings. The monoisotopic (exact) mass is 253 g/mol. The molecule has 0 aromatic rings. The smallest absolute Gasteiger partial charge is 0.0499 e. The van der Waals surface area contributed by atoms with E-state index in [0.29, 0.717) is 6.61 Å². The minimum absolute atomic E-state index is 0.232. The van der Waals surface area contributed by atoms with E-state index in [2.05, 4.69) is 11.8 Å². The SMILES string of the molecule is CCC1CCN(CC2(CO)CCCCCC2)CC1. The zero-order valence-corrected chi connectivity index (χ0v) is 12.2. The zero-order chi connectivity index (χ0) is 12.8. The Morgan fingerprint density at radius 3 is 2.17 bits per heavy atom. The topological polar surface area (TPSA) is 23.5 Å². The van der Waals surface area contributed by atoms with Gasteiger partial charge in [0.15, 0.2) is 0 Å². The highest BCUT2D eigenvalue weighted by atomic mass is 16.3. The zero-order valence-electron chi connectivity index (χ0n) is 12.2. The fourth-order valence-electron chi connectivity index (χ4n) is 3.87. The molecule has 0 radical (unpaired) electrons. The summed E-state index contributed by atoms with van der Waals surface area (Å²) in [4.78, 5) is 2.63. The standard InChI is InChI=1S/C16H31NO/c1-2-15-7-11-17(12-8-15)13-16(14-18)9-5-3-4-6-10-16/h15,18H,2-14H2,1H3. The number of aliphatic hydroxyl groups excluding tert-OH is 1. The maximum Gasteiger partial charge on any atom is 0.0499 e. The van der Waals surface area contributed by atoms with Crippen LogP contribution in [0.5, 0.6) is 0 Å². The lowest BCUT2D eigenvalue weighted by atomic mass is 9.80. The predicted octanol–water partition coefficient (Wildman–Crippen LogP) is 3.44. The average Bonchev–Trinajstić information content (AvgIpc) is 2.66. The van der Waals surface area contributed by atoms with Crippen LogP contribution in [-0.4, -0.2) is 36.2 Å². The quantitative estimate of drug-likeness (QED) is 0.776. The van der Waals surface area contributed by atoms with Gasteiger partial charge < -0.3 is 10.0 Å². The summed E-state index contributed by atoms with van der Waals surface area (Å²) in [6, 6.07) is 0. The van der Waals surface area contributed by atoms with Gasteiger partial charge in [0.2, 0.25) is 0 Å². The summed E-state index contributed by atoms with van der Waals surface area (Å²) in [7, 11) is 0. The first-order chi connectivity index (χ1) is 8.78. The number of nitrogens with zero attached hydrogens (tertiary/aromatic N) is 1. The Bertz CT molecular complexity index is 225. The minimum atomic E-state index is 0.232. The molecule has 0 amide bonds. The molecule has 2 heteroatoms. The Morgan fingerprint density at radius 1 is 1.06 bits per heavy atom. The Morgan fingerprint density at radius 2 is 1.67 bits per heavy atom. The van der Waals surface area contributed by atoms with E-state index in [4.69, 9.17) is 0 Å². The van der Waals surface area contributed by atoms with Crippen LogP contribution in [0, 0.1) is 11.3 Å². The van der Waals surface area contributed by atoms with Gasteiger partial charge in [-0.2, -0.15) is 0 Å². The highest BCUT2D eigenvalue weighted by Crippen LogP contribution is 2.36. The van der Waals surface area contributed by atoms with Gasteiger partial charge in [-0.15, -0.1) is 0 Å². The second kappa shape index (κ2) is 6.91. The van der Waals surface area contributed by atoms with Crippen molar-refractivity contribution in [1.29, 1.82) is 0 Å². The fraction of sp³-hybridized carbons (Fsp3) is 1.00. The van der Waals surface area contributed by atoms with E-state index in [0.717, 1.165) is 12.5 Å². The van der Waals surface area contributed by atoms with Crippen molar-refractivity contribution in [3.63, 3.8) is 0 Å². The van der Waals surface area contributed by atoms with Gasteiger partial charge in [-0.3, -0.25) is 0 Å². The molecule has 1 saturated carbocycles. The maximum absolute atomic E-state index is 9.87. The highest BCUT2D eigenvalue weighted by Gasteiger charge is 2.33. The van der Waals surface area contributed by atoms with Crippen molar-refractivity contribution in [2.24, 2.45) is 11.3 Å². The lowest BCUT2D eigenvalue weighted by molar-refractivity contribution is 0.0446. The number of piperidine rings is 1. The van der Waals surface area contributed by atoms with E-state index in [1.165, 1.54) is 70.9 Å². The predicted molar refractivity (Wildman–Crippen MR) is 76.7 cm³/mol. The molecule has 1 N–H and O–H groups in total. The molecule has 18 heavy (non-hydrogen) atoms. The van der Waals surface area contributed by atoms with E-state index >= 15 is 0 Å². The third-order valence-corrected chi connectivity index (χ3v) is 5.34. The normalized spacial score (nSPS) is 27.0. The molecule has 0 aromatic carbocycles. The van der Waals surface area contributed by atoms with Gasteiger partial charge in [0.05, 0.1) is 0 Å². The molecule has 1 heterocycles. The summed E-state index contributed by atoms with van der Waals surface area (Å²) in [6.45, 7) is 6.40. The molecular weight excluding hydrogens is 222 g/mol. The molecule has 106 valence electrons. The second-order valence-corrected chi connectivity index (χ2v) is 6.70.